The minimum atomic E-state index is 0.462. The molecule has 4 nitrogen and oxygen atoms in total. The van der Waals surface area contributed by atoms with Crippen molar-refractivity contribution in [2.24, 2.45) is 5.73 Å². The molecule has 0 saturated heterocycles. The Bertz CT molecular complexity index is 423. The summed E-state index contributed by atoms with van der Waals surface area (Å²) < 4.78 is 1.66. The molecular weight excluding hydrogens is 188 g/mol. The van der Waals surface area contributed by atoms with Crippen LogP contribution >= 0.6 is 11.6 Å². The molecule has 0 aliphatic heterocycles. The minimum absolute atomic E-state index is 0.462. The van der Waals surface area contributed by atoms with Crippen LogP contribution in [0.4, 0.5) is 0 Å². The summed E-state index contributed by atoms with van der Waals surface area (Å²) in [6, 6.07) is 3.55. The van der Waals surface area contributed by atoms with Gasteiger partial charge in [0.1, 0.15) is 5.15 Å². The Labute approximate surface area is 80.3 Å². The first-order chi connectivity index (χ1) is 6.29. The molecule has 2 aromatic heterocycles. The summed E-state index contributed by atoms with van der Waals surface area (Å²) in [5.74, 6) is 0. The van der Waals surface area contributed by atoms with Crippen molar-refractivity contribution in [2.45, 2.75) is 6.42 Å². The fourth-order valence-corrected chi connectivity index (χ4v) is 1.32. The minimum Gasteiger partial charge on any atom is -0.330 e. The number of hydrogen-bond donors (Lipinski definition) is 1. The van der Waals surface area contributed by atoms with Crippen molar-refractivity contribution in [1.29, 1.82) is 0 Å². The molecule has 0 amide bonds. The van der Waals surface area contributed by atoms with Gasteiger partial charge in [-0.15, -0.1) is 0 Å². The van der Waals surface area contributed by atoms with Gasteiger partial charge < -0.3 is 5.73 Å². The quantitative estimate of drug-likeness (QED) is 0.776. The van der Waals surface area contributed by atoms with Crippen molar-refractivity contribution >= 4 is 17.2 Å². The SMILES string of the molecule is NCCc1cn2nc(Cl)ccc2n1. The molecule has 0 saturated carbocycles. The number of fused-ring (bicyclic) bond motifs is 1. The van der Waals surface area contributed by atoms with Gasteiger partial charge in [0, 0.05) is 6.42 Å². The van der Waals surface area contributed by atoms with Crippen LogP contribution in [0.1, 0.15) is 5.69 Å². The van der Waals surface area contributed by atoms with Gasteiger partial charge in [0.05, 0.1) is 11.9 Å². The van der Waals surface area contributed by atoms with Gasteiger partial charge >= 0.3 is 0 Å². The van der Waals surface area contributed by atoms with E-state index in [0.29, 0.717) is 11.7 Å². The second kappa shape index (κ2) is 3.32. The van der Waals surface area contributed by atoms with Crippen LogP contribution in [-0.4, -0.2) is 21.1 Å². The van der Waals surface area contributed by atoms with Crippen molar-refractivity contribution < 1.29 is 0 Å². The van der Waals surface area contributed by atoms with Crippen LogP contribution in [0, 0.1) is 0 Å². The Balaban J connectivity index is 2.49. The highest BCUT2D eigenvalue weighted by atomic mass is 35.5. The molecule has 5 heteroatoms. The van der Waals surface area contributed by atoms with Crippen LogP contribution in [0.15, 0.2) is 18.3 Å². The first-order valence-corrected chi connectivity index (χ1v) is 4.38. The van der Waals surface area contributed by atoms with Gasteiger partial charge in [-0.25, -0.2) is 9.50 Å². The van der Waals surface area contributed by atoms with Crippen molar-refractivity contribution in [3.05, 3.63) is 29.2 Å². The molecule has 0 fully saturated rings. The predicted molar refractivity (Wildman–Crippen MR) is 50.8 cm³/mol. The molecule has 0 spiro atoms. The number of rotatable bonds is 2. The van der Waals surface area contributed by atoms with Crippen molar-refractivity contribution in [2.75, 3.05) is 6.54 Å². The smallest absolute Gasteiger partial charge is 0.153 e. The van der Waals surface area contributed by atoms with Crippen LogP contribution in [0.3, 0.4) is 0 Å². The van der Waals surface area contributed by atoms with E-state index < -0.39 is 0 Å². The number of aromatic nitrogens is 3. The third kappa shape index (κ3) is 1.64. The van der Waals surface area contributed by atoms with Crippen molar-refractivity contribution in [3.8, 4) is 0 Å². The fraction of sp³-hybridized carbons (Fsp3) is 0.250. The van der Waals surface area contributed by atoms with Crippen molar-refractivity contribution in [1.82, 2.24) is 14.6 Å². The average molecular weight is 197 g/mol. The van der Waals surface area contributed by atoms with Crippen LogP contribution in [0.25, 0.3) is 5.65 Å². The summed E-state index contributed by atoms with van der Waals surface area (Å²) in [6.07, 6.45) is 2.61. The zero-order valence-corrected chi connectivity index (χ0v) is 7.70. The molecule has 0 unspecified atom stereocenters. The molecule has 2 N–H and O–H groups in total. The Morgan fingerprint density at radius 3 is 3.08 bits per heavy atom. The van der Waals surface area contributed by atoms with Gasteiger partial charge in [-0.3, -0.25) is 0 Å². The maximum absolute atomic E-state index is 5.72. The topological polar surface area (TPSA) is 56.2 Å². The maximum Gasteiger partial charge on any atom is 0.153 e. The van der Waals surface area contributed by atoms with E-state index in [1.54, 1.807) is 10.6 Å². The normalized spacial score (nSPS) is 10.9. The molecular formula is C8H9ClN4. The Kier molecular flexibility index (Phi) is 2.16. The van der Waals surface area contributed by atoms with Crippen LogP contribution in [0.5, 0.6) is 0 Å². The summed E-state index contributed by atoms with van der Waals surface area (Å²) in [7, 11) is 0. The predicted octanol–water partition coefficient (Wildman–Crippen LogP) is 0.884. The summed E-state index contributed by atoms with van der Waals surface area (Å²) in [5.41, 5.74) is 7.16. The Hall–Kier alpha value is -1.13. The summed E-state index contributed by atoms with van der Waals surface area (Å²) >= 11 is 5.72. The van der Waals surface area contributed by atoms with E-state index >= 15 is 0 Å². The average Bonchev–Trinajstić information content (AvgIpc) is 2.46. The van der Waals surface area contributed by atoms with Gasteiger partial charge in [-0.2, -0.15) is 5.10 Å². The van der Waals surface area contributed by atoms with Crippen LogP contribution < -0.4 is 5.73 Å². The standard InChI is InChI=1S/C8H9ClN4/c9-7-1-2-8-11-6(3-4-10)5-13(8)12-7/h1-2,5H,3-4,10H2. The molecule has 13 heavy (non-hydrogen) atoms. The molecule has 0 atom stereocenters. The van der Waals surface area contributed by atoms with Gasteiger partial charge in [-0.1, -0.05) is 11.6 Å². The molecule has 0 aliphatic carbocycles. The highest BCUT2D eigenvalue weighted by Gasteiger charge is 2.01. The molecule has 0 aromatic carbocycles. The molecule has 2 heterocycles. The van der Waals surface area contributed by atoms with E-state index in [-0.39, 0.29) is 0 Å². The molecule has 0 radical (unpaired) electrons. The Morgan fingerprint density at radius 1 is 1.46 bits per heavy atom. The highest BCUT2D eigenvalue weighted by molar-refractivity contribution is 6.29. The van der Waals surface area contributed by atoms with Gasteiger partial charge in [0.15, 0.2) is 5.65 Å². The number of imidazole rings is 1. The van der Waals surface area contributed by atoms with Gasteiger partial charge in [0.25, 0.3) is 0 Å². The van der Waals surface area contributed by atoms with Crippen molar-refractivity contribution in [3.63, 3.8) is 0 Å². The number of nitrogens with zero attached hydrogens (tertiary/aromatic N) is 3. The lowest BCUT2D eigenvalue weighted by atomic mass is 10.3. The monoisotopic (exact) mass is 196 g/mol. The first kappa shape index (κ1) is 8.47. The number of hydrogen-bond acceptors (Lipinski definition) is 3. The highest BCUT2D eigenvalue weighted by Crippen LogP contribution is 2.07. The van der Waals surface area contributed by atoms with E-state index in [1.807, 2.05) is 12.3 Å². The van der Waals surface area contributed by atoms with Gasteiger partial charge in [0.2, 0.25) is 0 Å². The summed E-state index contributed by atoms with van der Waals surface area (Å²) in [5, 5.41) is 4.52. The molecule has 2 aromatic rings. The third-order valence-electron chi connectivity index (χ3n) is 1.74. The summed E-state index contributed by atoms with van der Waals surface area (Å²) in [4.78, 5) is 4.31. The van der Waals surface area contributed by atoms with E-state index in [1.165, 1.54) is 0 Å². The zero-order chi connectivity index (χ0) is 9.26. The largest absolute Gasteiger partial charge is 0.330 e. The maximum atomic E-state index is 5.72. The molecule has 0 aliphatic rings. The molecule has 0 bridgehead atoms. The number of halogens is 1. The molecule has 2 rings (SSSR count). The lowest BCUT2D eigenvalue weighted by molar-refractivity contribution is 0.914. The second-order valence-electron chi connectivity index (χ2n) is 2.73. The number of nitrogens with two attached hydrogens (primary N) is 1. The van der Waals surface area contributed by atoms with Crippen LogP contribution in [-0.2, 0) is 6.42 Å². The summed E-state index contributed by atoms with van der Waals surface area (Å²) in [6.45, 7) is 0.595. The lowest BCUT2D eigenvalue weighted by Crippen LogP contribution is -2.02. The van der Waals surface area contributed by atoms with Gasteiger partial charge in [-0.05, 0) is 18.7 Å². The van der Waals surface area contributed by atoms with E-state index in [4.69, 9.17) is 17.3 Å². The van der Waals surface area contributed by atoms with E-state index in [0.717, 1.165) is 17.8 Å². The van der Waals surface area contributed by atoms with E-state index in [2.05, 4.69) is 10.1 Å². The van der Waals surface area contributed by atoms with Crippen LogP contribution in [0.2, 0.25) is 5.15 Å². The second-order valence-corrected chi connectivity index (χ2v) is 3.12. The fourth-order valence-electron chi connectivity index (χ4n) is 1.18. The first-order valence-electron chi connectivity index (χ1n) is 4.00. The zero-order valence-electron chi connectivity index (χ0n) is 6.94. The van der Waals surface area contributed by atoms with E-state index in [9.17, 15) is 0 Å². The third-order valence-corrected chi connectivity index (χ3v) is 1.94. The Morgan fingerprint density at radius 2 is 2.31 bits per heavy atom. The molecule has 68 valence electrons. The lowest BCUT2D eigenvalue weighted by Gasteiger charge is -1.90.